The summed E-state index contributed by atoms with van der Waals surface area (Å²) in [5.74, 6) is 0.825. The zero-order chi connectivity index (χ0) is 11.9. The summed E-state index contributed by atoms with van der Waals surface area (Å²) in [4.78, 5) is 0. The molecule has 17 heavy (non-hydrogen) atoms. The molecular weight excluding hydrogens is 276 g/mol. The van der Waals surface area contributed by atoms with Crippen LogP contribution in [-0.4, -0.2) is 26.2 Å². The minimum atomic E-state index is 0.825. The van der Waals surface area contributed by atoms with Gasteiger partial charge in [-0.15, -0.1) is 0 Å². The minimum Gasteiger partial charge on any atom is -0.316 e. The van der Waals surface area contributed by atoms with Crippen LogP contribution in [0.2, 0.25) is 0 Å². The number of halogens is 1. The Morgan fingerprint density at radius 2 is 2.35 bits per heavy atom. The van der Waals surface area contributed by atoms with Crippen molar-refractivity contribution in [3.63, 3.8) is 0 Å². The molecule has 1 aromatic rings. The summed E-state index contributed by atoms with van der Waals surface area (Å²) in [5.41, 5.74) is 1.40. The molecule has 0 aliphatic carbocycles. The Morgan fingerprint density at radius 1 is 1.41 bits per heavy atom. The molecule has 1 heterocycles. The zero-order valence-electron chi connectivity index (χ0n) is 10.2. The second-order valence-corrected chi connectivity index (χ2v) is 5.71. The van der Waals surface area contributed by atoms with E-state index in [2.05, 4.69) is 50.8 Å². The fraction of sp³-hybridized carbons (Fsp3) is 0.571. The largest absolute Gasteiger partial charge is 0.316 e. The predicted molar refractivity (Wildman–Crippen MR) is 76.3 cm³/mol. The molecule has 1 unspecified atom stereocenters. The highest BCUT2D eigenvalue weighted by atomic mass is 79.9. The molecule has 1 fully saturated rings. The average Bonchev–Trinajstić information content (AvgIpc) is 2.36. The van der Waals surface area contributed by atoms with E-state index in [1.54, 1.807) is 0 Å². The van der Waals surface area contributed by atoms with Gasteiger partial charge in [-0.3, -0.25) is 0 Å². The molecule has 1 aliphatic heterocycles. The van der Waals surface area contributed by atoms with Crippen LogP contribution in [0.1, 0.15) is 18.4 Å². The summed E-state index contributed by atoms with van der Waals surface area (Å²) in [5, 5.41) is 7.02. The first-order chi connectivity index (χ1) is 8.34. The molecular formula is C14H21BrN2. The van der Waals surface area contributed by atoms with Crippen LogP contribution >= 0.6 is 15.9 Å². The van der Waals surface area contributed by atoms with Crippen LogP contribution in [0.5, 0.6) is 0 Å². The van der Waals surface area contributed by atoms with Gasteiger partial charge >= 0.3 is 0 Å². The van der Waals surface area contributed by atoms with Crippen LogP contribution in [-0.2, 0) is 6.42 Å². The number of hydrogen-bond acceptors (Lipinski definition) is 2. The topological polar surface area (TPSA) is 24.1 Å². The van der Waals surface area contributed by atoms with Gasteiger partial charge in [0.15, 0.2) is 0 Å². The zero-order valence-corrected chi connectivity index (χ0v) is 11.8. The molecule has 0 bridgehead atoms. The first-order valence-electron chi connectivity index (χ1n) is 6.50. The highest BCUT2D eigenvalue weighted by Gasteiger charge is 2.11. The molecule has 1 saturated heterocycles. The molecule has 0 spiro atoms. The Kier molecular flexibility index (Phi) is 5.49. The minimum absolute atomic E-state index is 0.825. The number of piperidine rings is 1. The first-order valence-corrected chi connectivity index (χ1v) is 7.30. The second kappa shape index (κ2) is 7.14. The second-order valence-electron chi connectivity index (χ2n) is 4.80. The molecule has 94 valence electrons. The van der Waals surface area contributed by atoms with Gasteiger partial charge in [0.05, 0.1) is 0 Å². The van der Waals surface area contributed by atoms with E-state index in [-0.39, 0.29) is 0 Å². The summed E-state index contributed by atoms with van der Waals surface area (Å²) in [6.07, 6.45) is 3.81. The maximum atomic E-state index is 3.57. The van der Waals surface area contributed by atoms with Gasteiger partial charge in [0.2, 0.25) is 0 Å². The standard InChI is InChI=1S/C14H21BrN2/c15-14-5-1-3-12(9-14)6-8-17-11-13-4-2-7-16-10-13/h1,3,5,9,13,16-17H,2,4,6-8,10-11H2. The number of rotatable bonds is 5. The number of nitrogens with one attached hydrogen (secondary N) is 2. The van der Waals surface area contributed by atoms with E-state index in [1.807, 2.05) is 0 Å². The van der Waals surface area contributed by atoms with E-state index >= 15 is 0 Å². The predicted octanol–water partition coefficient (Wildman–Crippen LogP) is 2.58. The third-order valence-electron chi connectivity index (χ3n) is 3.31. The van der Waals surface area contributed by atoms with E-state index in [0.29, 0.717) is 0 Å². The van der Waals surface area contributed by atoms with Crippen molar-refractivity contribution >= 4 is 15.9 Å². The molecule has 0 radical (unpaired) electrons. The number of hydrogen-bond donors (Lipinski definition) is 2. The Bertz CT molecular complexity index is 335. The lowest BCUT2D eigenvalue weighted by atomic mass is 10.00. The van der Waals surface area contributed by atoms with E-state index in [9.17, 15) is 0 Å². The molecule has 2 N–H and O–H groups in total. The summed E-state index contributed by atoms with van der Waals surface area (Å²) in [6, 6.07) is 8.56. The Hall–Kier alpha value is -0.380. The van der Waals surface area contributed by atoms with Crippen LogP contribution in [0.3, 0.4) is 0 Å². The average molecular weight is 297 g/mol. The summed E-state index contributed by atoms with van der Waals surface area (Å²) in [7, 11) is 0. The smallest absolute Gasteiger partial charge is 0.0178 e. The monoisotopic (exact) mass is 296 g/mol. The molecule has 1 atom stereocenters. The van der Waals surface area contributed by atoms with E-state index in [1.165, 1.54) is 36.0 Å². The van der Waals surface area contributed by atoms with Gasteiger partial charge in [0.25, 0.3) is 0 Å². The van der Waals surface area contributed by atoms with Gasteiger partial charge in [-0.2, -0.15) is 0 Å². The number of benzene rings is 1. The van der Waals surface area contributed by atoms with Crippen molar-refractivity contribution in [3.8, 4) is 0 Å². The highest BCUT2D eigenvalue weighted by Crippen LogP contribution is 2.12. The van der Waals surface area contributed by atoms with Crippen LogP contribution < -0.4 is 10.6 Å². The summed E-state index contributed by atoms with van der Waals surface area (Å²) in [6.45, 7) is 4.62. The molecule has 1 aliphatic rings. The molecule has 0 saturated carbocycles. The van der Waals surface area contributed by atoms with Crippen molar-refractivity contribution in [2.24, 2.45) is 5.92 Å². The third kappa shape index (κ3) is 4.78. The molecule has 0 amide bonds. The highest BCUT2D eigenvalue weighted by molar-refractivity contribution is 9.10. The Balaban J connectivity index is 1.62. The summed E-state index contributed by atoms with van der Waals surface area (Å²) < 4.78 is 1.17. The van der Waals surface area contributed by atoms with Crippen LogP contribution in [0.4, 0.5) is 0 Å². The fourth-order valence-electron chi connectivity index (χ4n) is 2.33. The van der Waals surface area contributed by atoms with Crippen molar-refractivity contribution in [1.29, 1.82) is 0 Å². The molecule has 1 aromatic carbocycles. The van der Waals surface area contributed by atoms with Crippen molar-refractivity contribution in [1.82, 2.24) is 10.6 Å². The molecule has 2 nitrogen and oxygen atoms in total. The Labute approximate surface area is 112 Å². The van der Waals surface area contributed by atoms with Crippen molar-refractivity contribution in [2.45, 2.75) is 19.3 Å². The van der Waals surface area contributed by atoms with Gasteiger partial charge in [-0.05, 0) is 69.1 Å². The summed E-state index contributed by atoms with van der Waals surface area (Å²) >= 11 is 3.51. The van der Waals surface area contributed by atoms with Gasteiger partial charge in [-0.25, -0.2) is 0 Å². The SMILES string of the molecule is Brc1cccc(CCNCC2CCCNC2)c1. The molecule has 0 aromatic heterocycles. The van der Waals surface area contributed by atoms with E-state index < -0.39 is 0 Å². The van der Waals surface area contributed by atoms with E-state index in [0.717, 1.165) is 25.4 Å². The lowest BCUT2D eigenvalue weighted by Gasteiger charge is -2.22. The fourth-order valence-corrected chi connectivity index (χ4v) is 2.78. The van der Waals surface area contributed by atoms with Crippen LogP contribution in [0.15, 0.2) is 28.7 Å². The third-order valence-corrected chi connectivity index (χ3v) is 3.80. The molecule has 3 heteroatoms. The lowest BCUT2D eigenvalue weighted by Crippen LogP contribution is -2.36. The van der Waals surface area contributed by atoms with Gasteiger partial charge < -0.3 is 10.6 Å². The molecule has 2 rings (SSSR count). The van der Waals surface area contributed by atoms with Crippen molar-refractivity contribution in [2.75, 3.05) is 26.2 Å². The van der Waals surface area contributed by atoms with Gasteiger partial charge in [0.1, 0.15) is 0 Å². The quantitative estimate of drug-likeness (QED) is 0.816. The van der Waals surface area contributed by atoms with Crippen LogP contribution in [0.25, 0.3) is 0 Å². The normalized spacial score (nSPS) is 20.4. The maximum absolute atomic E-state index is 3.57. The van der Waals surface area contributed by atoms with Crippen molar-refractivity contribution in [3.05, 3.63) is 34.3 Å². The lowest BCUT2D eigenvalue weighted by molar-refractivity contribution is 0.361. The maximum Gasteiger partial charge on any atom is 0.0178 e. The van der Waals surface area contributed by atoms with Crippen LogP contribution in [0, 0.1) is 5.92 Å². The Morgan fingerprint density at radius 3 is 3.12 bits per heavy atom. The van der Waals surface area contributed by atoms with E-state index in [4.69, 9.17) is 0 Å². The van der Waals surface area contributed by atoms with Gasteiger partial charge in [0, 0.05) is 4.47 Å². The van der Waals surface area contributed by atoms with Crippen molar-refractivity contribution < 1.29 is 0 Å². The van der Waals surface area contributed by atoms with Gasteiger partial charge in [-0.1, -0.05) is 28.1 Å². The first kappa shape index (κ1) is 13.1.